The summed E-state index contributed by atoms with van der Waals surface area (Å²) in [5.41, 5.74) is 2.47. The summed E-state index contributed by atoms with van der Waals surface area (Å²) in [6, 6.07) is 17.4. The Morgan fingerprint density at radius 3 is 2.46 bits per heavy atom. The fourth-order valence-electron chi connectivity index (χ4n) is 2.57. The van der Waals surface area contributed by atoms with Gasteiger partial charge in [-0.2, -0.15) is 0 Å². The maximum Gasteiger partial charge on any atom is 0.191 e. The summed E-state index contributed by atoms with van der Waals surface area (Å²) in [5.74, 6) is 2.11. The molecule has 1 N–H and O–H groups in total. The summed E-state index contributed by atoms with van der Waals surface area (Å²) in [5, 5.41) is 22.2. The molecule has 1 aromatic heterocycles. The van der Waals surface area contributed by atoms with Gasteiger partial charge in [0.05, 0.1) is 12.8 Å². The normalized spacial score (nSPS) is 11.5. The van der Waals surface area contributed by atoms with Crippen molar-refractivity contribution in [2.24, 2.45) is 5.16 Å². The Balaban J connectivity index is 1.79. The highest BCUT2D eigenvalue weighted by Crippen LogP contribution is 2.26. The van der Waals surface area contributed by atoms with E-state index in [4.69, 9.17) is 4.74 Å². The molecule has 26 heavy (non-hydrogen) atoms. The van der Waals surface area contributed by atoms with Gasteiger partial charge in [0.15, 0.2) is 11.0 Å². The van der Waals surface area contributed by atoms with Crippen LogP contribution in [0.1, 0.15) is 12.5 Å². The molecule has 0 bridgehead atoms. The maximum atomic E-state index is 9.34. The molecule has 0 spiro atoms. The number of rotatable bonds is 7. The largest absolute Gasteiger partial charge is 0.497 e. The van der Waals surface area contributed by atoms with Gasteiger partial charge in [0, 0.05) is 23.4 Å². The number of nitrogens with zero attached hydrogens (tertiary/aromatic N) is 4. The molecule has 134 valence electrons. The lowest BCUT2D eigenvalue weighted by atomic mass is 10.1. The van der Waals surface area contributed by atoms with E-state index < -0.39 is 0 Å². The minimum Gasteiger partial charge on any atom is -0.497 e. The third-order valence-electron chi connectivity index (χ3n) is 3.95. The predicted octanol–water partition coefficient (Wildman–Crippen LogP) is 3.94. The lowest BCUT2D eigenvalue weighted by Crippen LogP contribution is -2.06. The zero-order chi connectivity index (χ0) is 18.4. The Morgan fingerprint density at radius 1 is 1.12 bits per heavy atom. The topological polar surface area (TPSA) is 72.5 Å². The van der Waals surface area contributed by atoms with Crippen molar-refractivity contribution >= 4 is 17.5 Å². The molecular formula is C19H20N4O2S. The van der Waals surface area contributed by atoms with E-state index in [0.29, 0.717) is 11.5 Å². The number of hydrogen-bond donors (Lipinski definition) is 1. The molecule has 0 aliphatic heterocycles. The summed E-state index contributed by atoms with van der Waals surface area (Å²) < 4.78 is 7.25. The van der Waals surface area contributed by atoms with Gasteiger partial charge in [0.2, 0.25) is 0 Å². The summed E-state index contributed by atoms with van der Waals surface area (Å²) in [6.45, 7) is 2.80. The second kappa shape index (κ2) is 8.53. The monoisotopic (exact) mass is 368 g/mol. The number of aromatic nitrogens is 3. The van der Waals surface area contributed by atoms with Crippen LogP contribution in [0.4, 0.5) is 0 Å². The van der Waals surface area contributed by atoms with Crippen LogP contribution in [0, 0.1) is 0 Å². The number of methoxy groups -OCH3 is 1. The van der Waals surface area contributed by atoms with E-state index in [1.165, 1.54) is 11.8 Å². The van der Waals surface area contributed by atoms with Crippen LogP contribution >= 0.6 is 11.8 Å². The van der Waals surface area contributed by atoms with Gasteiger partial charge in [0.1, 0.15) is 5.75 Å². The third kappa shape index (κ3) is 3.88. The van der Waals surface area contributed by atoms with E-state index in [2.05, 4.69) is 22.3 Å². The molecular weight excluding hydrogens is 348 g/mol. The smallest absolute Gasteiger partial charge is 0.191 e. The maximum absolute atomic E-state index is 9.34. The molecule has 0 saturated carbocycles. The Morgan fingerprint density at radius 2 is 1.85 bits per heavy atom. The highest BCUT2D eigenvalue weighted by Gasteiger charge is 2.15. The molecule has 1 heterocycles. The van der Waals surface area contributed by atoms with Crippen LogP contribution in [0.2, 0.25) is 0 Å². The zero-order valence-electron chi connectivity index (χ0n) is 14.7. The second-order valence-electron chi connectivity index (χ2n) is 5.48. The SMILES string of the molecule is CCn1c(SC/C(=N\O)c2ccccc2)nnc1-c1ccc(OC)cc1. The van der Waals surface area contributed by atoms with Crippen molar-refractivity contribution < 1.29 is 9.94 Å². The molecule has 0 saturated heterocycles. The Hall–Kier alpha value is -2.80. The van der Waals surface area contributed by atoms with Crippen LogP contribution in [-0.4, -0.2) is 38.5 Å². The second-order valence-corrected chi connectivity index (χ2v) is 6.42. The van der Waals surface area contributed by atoms with E-state index in [1.807, 2.05) is 59.2 Å². The van der Waals surface area contributed by atoms with Gasteiger partial charge in [-0.1, -0.05) is 47.2 Å². The van der Waals surface area contributed by atoms with Crippen LogP contribution in [0.5, 0.6) is 5.75 Å². The summed E-state index contributed by atoms with van der Waals surface area (Å²) >= 11 is 1.50. The first-order valence-electron chi connectivity index (χ1n) is 8.23. The van der Waals surface area contributed by atoms with Gasteiger partial charge in [-0.15, -0.1) is 10.2 Å². The average Bonchev–Trinajstić information content (AvgIpc) is 3.12. The molecule has 6 nitrogen and oxygen atoms in total. The summed E-state index contributed by atoms with van der Waals surface area (Å²) in [6.07, 6.45) is 0. The Kier molecular flexibility index (Phi) is 5.91. The first kappa shape index (κ1) is 18.0. The van der Waals surface area contributed by atoms with E-state index >= 15 is 0 Å². The van der Waals surface area contributed by atoms with Gasteiger partial charge in [-0.3, -0.25) is 0 Å². The molecule has 0 unspecified atom stereocenters. The number of thioether (sulfide) groups is 1. The van der Waals surface area contributed by atoms with E-state index in [0.717, 1.165) is 34.4 Å². The first-order valence-corrected chi connectivity index (χ1v) is 9.22. The van der Waals surface area contributed by atoms with Crippen molar-refractivity contribution in [3.63, 3.8) is 0 Å². The van der Waals surface area contributed by atoms with Crippen molar-refractivity contribution in [2.45, 2.75) is 18.6 Å². The quantitative estimate of drug-likeness (QED) is 0.296. The van der Waals surface area contributed by atoms with Gasteiger partial charge >= 0.3 is 0 Å². The number of ether oxygens (including phenoxy) is 1. The van der Waals surface area contributed by atoms with Crippen LogP contribution in [0.3, 0.4) is 0 Å². The molecule has 3 aromatic rings. The van der Waals surface area contributed by atoms with Gasteiger partial charge in [-0.05, 0) is 31.2 Å². The molecule has 3 rings (SSSR count). The van der Waals surface area contributed by atoms with Crippen LogP contribution < -0.4 is 4.74 Å². The lowest BCUT2D eigenvalue weighted by Gasteiger charge is -2.08. The molecule has 7 heteroatoms. The average molecular weight is 368 g/mol. The fraction of sp³-hybridized carbons (Fsp3) is 0.211. The predicted molar refractivity (Wildman–Crippen MR) is 103 cm³/mol. The third-order valence-corrected chi connectivity index (χ3v) is 4.93. The van der Waals surface area contributed by atoms with E-state index in [9.17, 15) is 5.21 Å². The molecule has 0 radical (unpaired) electrons. The minimum atomic E-state index is 0.501. The first-order chi connectivity index (χ1) is 12.8. The van der Waals surface area contributed by atoms with Crippen LogP contribution in [0.15, 0.2) is 64.9 Å². The Bertz CT molecular complexity index is 876. The van der Waals surface area contributed by atoms with Gasteiger partial charge < -0.3 is 14.5 Å². The van der Waals surface area contributed by atoms with Crippen molar-refractivity contribution in [1.82, 2.24) is 14.8 Å². The van der Waals surface area contributed by atoms with Crippen molar-refractivity contribution in [3.05, 3.63) is 60.2 Å². The number of benzene rings is 2. The van der Waals surface area contributed by atoms with Crippen molar-refractivity contribution in [1.29, 1.82) is 0 Å². The highest BCUT2D eigenvalue weighted by molar-refractivity contribution is 7.99. The van der Waals surface area contributed by atoms with Gasteiger partial charge in [0.25, 0.3) is 0 Å². The standard InChI is InChI=1S/C19H20N4O2S/c1-3-23-18(15-9-11-16(25-2)12-10-15)20-21-19(23)26-13-17(22-24)14-7-5-4-6-8-14/h4-12,24H,3,13H2,1-2H3/b22-17+. The lowest BCUT2D eigenvalue weighted by molar-refractivity contribution is 0.319. The molecule has 0 amide bonds. The highest BCUT2D eigenvalue weighted by atomic mass is 32.2. The molecule has 2 aromatic carbocycles. The van der Waals surface area contributed by atoms with Gasteiger partial charge in [-0.25, -0.2) is 0 Å². The van der Waals surface area contributed by atoms with Crippen molar-refractivity contribution in [3.8, 4) is 17.1 Å². The summed E-state index contributed by atoms with van der Waals surface area (Å²) in [7, 11) is 1.64. The minimum absolute atomic E-state index is 0.501. The van der Waals surface area contributed by atoms with Crippen molar-refractivity contribution in [2.75, 3.05) is 12.9 Å². The van der Waals surface area contributed by atoms with E-state index in [1.54, 1.807) is 7.11 Å². The number of hydrogen-bond acceptors (Lipinski definition) is 6. The molecule has 0 aliphatic rings. The molecule has 0 fully saturated rings. The Labute approximate surface area is 156 Å². The zero-order valence-corrected chi connectivity index (χ0v) is 15.5. The molecule has 0 atom stereocenters. The molecule has 0 aliphatic carbocycles. The van der Waals surface area contributed by atoms with E-state index in [-0.39, 0.29) is 0 Å². The number of oxime groups is 1. The van der Waals surface area contributed by atoms with Crippen LogP contribution in [-0.2, 0) is 6.54 Å². The van der Waals surface area contributed by atoms with Crippen LogP contribution in [0.25, 0.3) is 11.4 Å². The summed E-state index contributed by atoms with van der Waals surface area (Å²) in [4.78, 5) is 0. The fourth-order valence-corrected chi connectivity index (χ4v) is 3.53.